The molecule has 66 valence electrons. The smallest absolute Gasteiger partial charge is 0.0948 e. The summed E-state index contributed by atoms with van der Waals surface area (Å²) in [4.78, 5) is 0. The first-order valence-corrected chi connectivity index (χ1v) is 3.87. The van der Waals surface area contributed by atoms with Gasteiger partial charge in [-0.2, -0.15) is 0 Å². The molecular formula is C7H15NO3. The van der Waals surface area contributed by atoms with E-state index in [0.29, 0.717) is 19.8 Å². The van der Waals surface area contributed by atoms with Crippen molar-refractivity contribution < 1.29 is 14.9 Å². The Kier molecular flexibility index (Phi) is 3.26. The van der Waals surface area contributed by atoms with E-state index in [1.54, 1.807) is 6.92 Å². The zero-order chi connectivity index (χ0) is 8.27. The summed E-state index contributed by atoms with van der Waals surface area (Å²) in [6.45, 7) is 3.14. The van der Waals surface area contributed by atoms with Gasteiger partial charge in [-0.1, -0.05) is 0 Å². The van der Waals surface area contributed by atoms with Gasteiger partial charge >= 0.3 is 0 Å². The van der Waals surface area contributed by atoms with Crippen LogP contribution in [0.15, 0.2) is 0 Å². The van der Waals surface area contributed by atoms with Gasteiger partial charge in [-0.25, -0.2) is 0 Å². The third-order valence-corrected chi connectivity index (χ3v) is 1.73. The zero-order valence-corrected chi connectivity index (χ0v) is 6.66. The van der Waals surface area contributed by atoms with Gasteiger partial charge < -0.3 is 20.3 Å². The first-order valence-electron chi connectivity index (χ1n) is 3.87. The molecule has 3 atom stereocenters. The van der Waals surface area contributed by atoms with E-state index in [-0.39, 0.29) is 12.1 Å². The van der Waals surface area contributed by atoms with Gasteiger partial charge in [0.25, 0.3) is 0 Å². The number of ether oxygens (including phenoxy) is 1. The Morgan fingerprint density at radius 3 is 2.82 bits per heavy atom. The number of hydrogen-bond acceptors (Lipinski definition) is 4. The lowest BCUT2D eigenvalue weighted by molar-refractivity contribution is 0.119. The SMILES string of the molecule is C[C@H](O)CNC1COCC1O. The van der Waals surface area contributed by atoms with Crippen molar-refractivity contribution >= 4 is 0 Å². The third kappa shape index (κ3) is 2.75. The normalized spacial score (nSPS) is 34.1. The molecule has 1 aliphatic heterocycles. The van der Waals surface area contributed by atoms with E-state index in [1.165, 1.54) is 0 Å². The molecule has 1 aliphatic rings. The van der Waals surface area contributed by atoms with Crippen LogP contribution in [-0.2, 0) is 4.74 Å². The standard InChI is InChI=1S/C7H15NO3/c1-5(9)2-8-6-3-11-4-7(6)10/h5-10H,2-4H2,1H3/t5-,6?,7?/m0/s1. The first kappa shape index (κ1) is 8.93. The lowest BCUT2D eigenvalue weighted by Gasteiger charge is -2.15. The van der Waals surface area contributed by atoms with E-state index in [2.05, 4.69) is 5.32 Å². The molecule has 4 heteroatoms. The number of aliphatic hydroxyl groups is 2. The summed E-state index contributed by atoms with van der Waals surface area (Å²) in [7, 11) is 0. The van der Waals surface area contributed by atoms with E-state index in [0.717, 1.165) is 0 Å². The molecule has 0 saturated carbocycles. The van der Waals surface area contributed by atoms with Gasteiger partial charge in [-0.15, -0.1) is 0 Å². The number of aliphatic hydroxyl groups excluding tert-OH is 2. The molecule has 0 amide bonds. The van der Waals surface area contributed by atoms with Gasteiger partial charge in [-0.05, 0) is 6.92 Å². The van der Waals surface area contributed by atoms with Crippen LogP contribution in [0.2, 0.25) is 0 Å². The maximum atomic E-state index is 9.23. The first-order chi connectivity index (χ1) is 5.20. The summed E-state index contributed by atoms with van der Waals surface area (Å²) in [5, 5.41) is 21.2. The van der Waals surface area contributed by atoms with Crippen LogP contribution in [0.5, 0.6) is 0 Å². The van der Waals surface area contributed by atoms with E-state index in [4.69, 9.17) is 9.84 Å². The maximum Gasteiger partial charge on any atom is 0.0948 e. The highest BCUT2D eigenvalue weighted by Crippen LogP contribution is 2.04. The molecule has 0 bridgehead atoms. The molecule has 0 aliphatic carbocycles. The second kappa shape index (κ2) is 4.01. The molecule has 1 fully saturated rings. The molecule has 1 saturated heterocycles. The highest BCUT2D eigenvalue weighted by Gasteiger charge is 2.25. The van der Waals surface area contributed by atoms with Crippen LogP contribution in [-0.4, -0.2) is 48.2 Å². The minimum absolute atomic E-state index is 0.00963. The molecule has 0 spiro atoms. The Hall–Kier alpha value is -0.160. The van der Waals surface area contributed by atoms with E-state index in [9.17, 15) is 5.11 Å². The molecule has 0 aromatic rings. The van der Waals surface area contributed by atoms with Crippen LogP contribution in [0.25, 0.3) is 0 Å². The second-order valence-corrected chi connectivity index (χ2v) is 2.97. The van der Waals surface area contributed by atoms with Crippen LogP contribution >= 0.6 is 0 Å². The molecule has 1 rings (SSSR count). The minimum Gasteiger partial charge on any atom is -0.392 e. The van der Waals surface area contributed by atoms with Crippen LogP contribution in [0, 0.1) is 0 Å². The van der Waals surface area contributed by atoms with Crippen molar-refractivity contribution in [3.8, 4) is 0 Å². The fraction of sp³-hybridized carbons (Fsp3) is 1.00. The van der Waals surface area contributed by atoms with Crippen molar-refractivity contribution in [1.82, 2.24) is 5.32 Å². The summed E-state index contributed by atoms with van der Waals surface area (Å²) < 4.78 is 5.01. The fourth-order valence-electron chi connectivity index (χ4n) is 1.06. The fourth-order valence-corrected chi connectivity index (χ4v) is 1.06. The molecule has 2 unspecified atom stereocenters. The summed E-state index contributed by atoms with van der Waals surface area (Å²) in [5.74, 6) is 0. The van der Waals surface area contributed by atoms with Gasteiger partial charge in [0.2, 0.25) is 0 Å². The minimum atomic E-state index is -0.422. The highest BCUT2D eigenvalue weighted by atomic mass is 16.5. The van der Waals surface area contributed by atoms with Gasteiger partial charge in [0, 0.05) is 6.54 Å². The van der Waals surface area contributed by atoms with Crippen molar-refractivity contribution in [2.24, 2.45) is 0 Å². The van der Waals surface area contributed by atoms with Crippen LogP contribution in [0.1, 0.15) is 6.92 Å². The molecule has 4 nitrogen and oxygen atoms in total. The molecule has 1 heterocycles. The Morgan fingerprint density at radius 2 is 2.36 bits per heavy atom. The van der Waals surface area contributed by atoms with E-state index >= 15 is 0 Å². The predicted octanol–water partition coefficient (Wildman–Crippen LogP) is -1.28. The molecule has 0 aromatic carbocycles. The average molecular weight is 161 g/mol. The number of rotatable bonds is 3. The lowest BCUT2D eigenvalue weighted by atomic mass is 10.2. The Morgan fingerprint density at radius 1 is 1.64 bits per heavy atom. The molecule has 0 radical (unpaired) electrons. The van der Waals surface area contributed by atoms with Gasteiger partial charge in [0.15, 0.2) is 0 Å². The van der Waals surface area contributed by atoms with E-state index < -0.39 is 6.10 Å². The zero-order valence-electron chi connectivity index (χ0n) is 6.66. The lowest BCUT2D eigenvalue weighted by Crippen LogP contribution is -2.41. The summed E-state index contributed by atoms with van der Waals surface area (Å²) in [6, 6.07) is -0.00963. The summed E-state index contributed by atoms with van der Waals surface area (Å²) in [5.41, 5.74) is 0. The summed E-state index contributed by atoms with van der Waals surface area (Å²) in [6.07, 6.45) is -0.795. The van der Waals surface area contributed by atoms with E-state index in [1.807, 2.05) is 0 Å². The third-order valence-electron chi connectivity index (χ3n) is 1.73. The van der Waals surface area contributed by atoms with Crippen molar-refractivity contribution in [1.29, 1.82) is 0 Å². The van der Waals surface area contributed by atoms with Crippen LogP contribution in [0.3, 0.4) is 0 Å². The van der Waals surface area contributed by atoms with Crippen molar-refractivity contribution in [2.75, 3.05) is 19.8 Å². The molecule has 3 N–H and O–H groups in total. The Labute approximate surface area is 66.2 Å². The molecule has 11 heavy (non-hydrogen) atoms. The van der Waals surface area contributed by atoms with Gasteiger partial charge in [0.1, 0.15) is 0 Å². The number of nitrogens with one attached hydrogen (secondary N) is 1. The Bertz CT molecular complexity index is 118. The largest absolute Gasteiger partial charge is 0.392 e. The Balaban J connectivity index is 2.15. The average Bonchev–Trinajstić information content (AvgIpc) is 2.31. The highest BCUT2D eigenvalue weighted by molar-refractivity contribution is 4.80. The second-order valence-electron chi connectivity index (χ2n) is 2.97. The number of hydrogen-bond donors (Lipinski definition) is 3. The molecular weight excluding hydrogens is 146 g/mol. The van der Waals surface area contributed by atoms with Crippen LogP contribution in [0.4, 0.5) is 0 Å². The predicted molar refractivity (Wildman–Crippen MR) is 40.3 cm³/mol. The monoisotopic (exact) mass is 161 g/mol. The van der Waals surface area contributed by atoms with Gasteiger partial charge in [0.05, 0.1) is 31.5 Å². The topological polar surface area (TPSA) is 61.7 Å². The van der Waals surface area contributed by atoms with Crippen molar-refractivity contribution in [3.05, 3.63) is 0 Å². The quantitative estimate of drug-likeness (QED) is 0.482. The molecule has 0 aromatic heterocycles. The van der Waals surface area contributed by atoms with Crippen molar-refractivity contribution in [2.45, 2.75) is 25.2 Å². The van der Waals surface area contributed by atoms with Gasteiger partial charge in [-0.3, -0.25) is 0 Å². The maximum absolute atomic E-state index is 9.23. The van der Waals surface area contributed by atoms with Crippen LogP contribution < -0.4 is 5.32 Å². The summed E-state index contributed by atoms with van der Waals surface area (Å²) >= 11 is 0. The van der Waals surface area contributed by atoms with Crippen molar-refractivity contribution in [3.63, 3.8) is 0 Å².